The van der Waals surface area contributed by atoms with Crippen molar-refractivity contribution in [3.8, 4) is 11.4 Å². The summed E-state index contributed by atoms with van der Waals surface area (Å²) in [7, 11) is 2.03. The van der Waals surface area contributed by atoms with Crippen LogP contribution in [0.1, 0.15) is 95.4 Å². The van der Waals surface area contributed by atoms with E-state index in [1.54, 1.807) is 0 Å². The highest BCUT2D eigenvalue weighted by Crippen LogP contribution is 2.17. The maximum Gasteiger partial charge on any atom is 0.258 e. The van der Waals surface area contributed by atoms with Crippen molar-refractivity contribution in [2.24, 2.45) is 7.05 Å². The number of carbonyl (C=O) groups excluding carboxylic acids is 1. The third kappa shape index (κ3) is 10.4. The average Bonchev–Trinajstić information content (AvgIpc) is 3.26. The number of hydrogen-bond acceptors (Lipinski definition) is 2. The zero-order valence-corrected chi connectivity index (χ0v) is 23.9. The van der Waals surface area contributed by atoms with Gasteiger partial charge < -0.3 is 10.1 Å². The van der Waals surface area contributed by atoms with Crippen LogP contribution in [0.3, 0.4) is 0 Å². The molecule has 0 unspecified atom stereocenters. The molecule has 0 atom stereocenters. The highest BCUT2D eigenvalue weighted by atomic mass is 16.5. The van der Waals surface area contributed by atoms with Crippen LogP contribution < -0.4 is 14.6 Å². The topological polar surface area (TPSA) is 47.1 Å². The number of hydrogen-bond donors (Lipinski definition) is 1. The predicted octanol–water partition coefficient (Wildman–Crippen LogP) is 7.87. The molecule has 2 aromatic carbocycles. The summed E-state index contributed by atoms with van der Waals surface area (Å²) in [5.41, 5.74) is 2.85. The molecule has 0 saturated carbocycles. The maximum absolute atomic E-state index is 12.5. The number of nitrogens with one attached hydrogen (secondary N) is 1. The van der Waals surface area contributed by atoms with Crippen LogP contribution in [0.5, 0.6) is 5.75 Å². The first-order chi connectivity index (χ1) is 18.6. The maximum atomic E-state index is 12.5. The van der Waals surface area contributed by atoms with Crippen LogP contribution in [-0.2, 0) is 18.3 Å². The molecule has 0 fully saturated rings. The predicted molar refractivity (Wildman–Crippen MR) is 157 cm³/mol. The lowest BCUT2D eigenvalue weighted by molar-refractivity contribution is -0.677. The second-order valence-electron chi connectivity index (χ2n) is 10.5. The van der Waals surface area contributed by atoms with E-state index in [9.17, 15) is 4.79 Å². The molecule has 1 N–H and O–H groups in total. The summed E-state index contributed by atoms with van der Waals surface area (Å²) in [4.78, 5) is 12.5. The lowest BCUT2D eigenvalue weighted by Crippen LogP contribution is -2.29. The average molecular weight is 519 g/mol. The third-order valence-corrected chi connectivity index (χ3v) is 7.28. The van der Waals surface area contributed by atoms with E-state index in [4.69, 9.17) is 4.74 Å². The van der Waals surface area contributed by atoms with Crippen LogP contribution in [0.15, 0.2) is 60.9 Å². The van der Waals surface area contributed by atoms with E-state index < -0.39 is 0 Å². The molecule has 3 aromatic rings. The molecule has 0 spiro atoms. The number of aromatic nitrogens is 2. The Morgan fingerprint density at radius 1 is 0.816 bits per heavy atom. The first-order valence-electron chi connectivity index (χ1n) is 14.7. The zero-order valence-electron chi connectivity index (χ0n) is 23.9. The Labute approximate surface area is 230 Å². The van der Waals surface area contributed by atoms with Gasteiger partial charge in [0.2, 0.25) is 5.91 Å². The molecule has 0 aliphatic heterocycles. The van der Waals surface area contributed by atoms with E-state index in [0.29, 0.717) is 6.42 Å². The van der Waals surface area contributed by atoms with E-state index in [2.05, 4.69) is 28.3 Å². The molecular formula is C33H48N3O2+. The van der Waals surface area contributed by atoms with Gasteiger partial charge in [-0.1, -0.05) is 89.7 Å². The van der Waals surface area contributed by atoms with E-state index >= 15 is 0 Å². The number of unbranched alkanes of at least 4 members (excludes halogenated alkanes) is 11. The number of benzene rings is 2. The normalized spacial score (nSPS) is 11.0. The van der Waals surface area contributed by atoms with Crippen molar-refractivity contribution >= 4 is 11.6 Å². The standard InChI is InChI=1S/C33H47N3O2/c1-4-5-6-7-8-9-10-11-12-13-14-15-26-38-32-22-16-29(17-23-32)27-33(37)34-30-18-20-31(21-19-30)36-25-24-35(3)28(36)2/h16-25H,4-15,26-27H2,1-3H3/p+1. The van der Waals surface area contributed by atoms with Crippen molar-refractivity contribution in [1.29, 1.82) is 0 Å². The lowest BCUT2D eigenvalue weighted by atomic mass is 10.1. The highest BCUT2D eigenvalue weighted by Gasteiger charge is 2.11. The Bertz CT molecular complexity index is 1070. The van der Waals surface area contributed by atoms with E-state index in [0.717, 1.165) is 41.5 Å². The molecule has 0 bridgehead atoms. The molecule has 1 aromatic heterocycles. The number of aryl methyl sites for hydroxylation is 1. The lowest BCUT2D eigenvalue weighted by Gasteiger charge is -2.08. The summed E-state index contributed by atoms with van der Waals surface area (Å²) in [5.74, 6) is 2.00. The fourth-order valence-corrected chi connectivity index (χ4v) is 4.76. The van der Waals surface area contributed by atoms with Crippen LogP contribution >= 0.6 is 0 Å². The first kappa shape index (κ1) is 29.5. The minimum atomic E-state index is -0.0218. The molecule has 5 nitrogen and oxygen atoms in total. The minimum absolute atomic E-state index is 0.0218. The minimum Gasteiger partial charge on any atom is -0.494 e. The van der Waals surface area contributed by atoms with Crippen LogP contribution in [0, 0.1) is 6.92 Å². The summed E-state index contributed by atoms with van der Waals surface area (Å²) in [5, 5.41) is 3.00. The first-order valence-corrected chi connectivity index (χ1v) is 14.7. The molecule has 206 valence electrons. The van der Waals surface area contributed by atoms with Gasteiger partial charge in [-0.2, -0.15) is 0 Å². The number of carbonyl (C=O) groups is 1. The Hall–Kier alpha value is -3.08. The van der Waals surface area contributed by atoms with Gasteiger partial charge in [-0.3, -0.25) is 4.79 Å². The van der Waals surface area contributed by atoms with Gasteiger partial charge in [0, 0.05) is 12.6 Å². The monoisotopic (exact) mass is 518 g/mol. The van der Waals surface area contributed by atoms with Gasteiger partial charge in [-0.15, -0.1) is 0 Å². The van der Waals surface area contributed by atoms with Crippen LogP contribution in [0.25, 0.3) is 5.69 Å². The molecular weight excluding hydrogens is 470 g/mol. The van der Waals surface area contributed by atoms with Crippen LogP contribution in [0.4, 0.5) is 5.69 Å². The fraction of sp³-hybridized carbons (Fsp3) is 0.515. The number of rotatable bonds is 18. The Kier molecular flexibility index (Phi) is 13.0. The number of nitrogens with zero attached hydrogens (tertiary/aromatic N) is 2. The number of ether oxygens (including phenoxy) is 1. The summed E-state index contributed by atoms with van der Waals surface area (Å²) in [6.45, 7) is 5.11. The van der Waals surface area contributed by atoms with Gasteiger partial charge in [-0.25, -0.2) is 9.13 Å². The Morgan fingerprint density at radius 3 is 1.95 bits per heavy atom. The van der Waals surface area contributed by atoms with Crippen molar-refractivity contribution in [2.75, 3.05) is 11.9 Å². The molecule has 3 rings (SSSR count). The van der Waals surface area contributed by atoms with Gasteiger partial charge >= 0.3 is 0 Å². The molecule has 5 heteroatoms. The Balaban J connectivity index is 1.26. The van der Waals surface area contributed by atoms with E-state index in [-0.39, 0.29) is 5.91 Å². The number of imidazole rings is 1. The summed E-state index contributed by atoms with van der Waals surface area (Å²) in [6.07, 6.45) is 20.6. The van der Waals surface area contributed by atoms with E-state index in [1.807, 2.05) is 68.0 Å². The molecule has 0 aliphatic carbocycles. The summed E-state index contributed by atoms with van der Waals surface area (Å²) >= 11 is 0. The van der Waals surface area contributed by atoms with Crippen molar-refractivity contribution in [1.82, 2.24) is 4.57 Å². The van der Waals surface area contributed by atoms with Crippen LogP contribution in [0.2, 0.25) is 0 Å². The van der Waals surface area contributed by atoms with Gasteiger partial charge in [0.25, 0.3) is 5.82 Å². The molecule has 38 heavy (non-hydrogen) atoms. The van der Waals surface area contributed by atoms with Crippen molar-refractivity contribution in [3.63, 3.8) is 0 Å². The van der Waals surface area contributed by atoms with Gasteiger partial charge in [0.15, 0.2) is 0 Å². The second-order valence-corrected chi connectivity index (χ2v) is 10.5. The summed E-state index contributed by atoms with van der Waals surface area (Å²) < 4.78 is 10.1. The fourth-order valence-electron chi connectivity index (χ4n) is 4.76. The second kappa shape index (κ2) is 16.7. The third-order valence-electron chi connectivity index (χ3n) is 7.28. The molecule has 1 amide bonds. The smallest absolute Gasteiger partial charge is 0.258 e. The Morgan fingerprint density at radius 2 is 1.39 bits per heavy atom. The molecule has 1 heterocycles. The zero-order chi connectivity index (χ0) is 27.0. The largest absolute Gasteiger partial charge is 0.494 e. The quantitative estimate of drug-likeness (QED) is 0.138. The van der Waals surface area contributed by atoms with Crippen molar-refractivity contribution < 1.29 is 14.1 Å². The number of amides is 1. The van der Waals surface area contributed by atoms with Crippen molar-refractivity contribution in [2.45, 2.75) is 97.3 Å². The van der Waals surface area contributed by atoms with Gasteiger partial charge in [0.05, 0.1) is 20.1 Å². The SMILES string of the molecule is CCCCCCCCCCCCCCOc1ccc(CC(=O)Nc2ccc(-n3cc[n+](C)c3C)cc2)cc1. The summed E-state index contributed by atoms with van der Waals surface area (Å²) in [6, 6.07) is 15.8. The van der Waals surface area contributed by atoms with E-state index in [1.165, 1.54) is 70.6 Å². The molecule has 0 saturated heterocycles. The molecule has 0 radical (unpaired) electrons. The van der Waals surface area contributed by atoms with Crippen molar-refractivity contribution in [3.05, 3.63) is 72.3 Å². The van der Waals surface area contributed by atoms with Gasteiger partial charge in [0.1, 0.15) is 23.8 Å². The van der Waals surface area contributed by atoms with Gasteiger partial charge in [-0.05, 0) is 48.4 Å². The van der Waals surface area contributed by atoms with Crippen LogP contribution in [-0.4, -0.2) is 17.1 Å². The highest BCUT2D eigenvalue weighted by molar-refractivity contribution is 5.92. The molecule has 0 aliphatic rings. The number of anilines is 1.